The average Bonchev–Trinajstić information content (AvgIpc) is 1.65. The average molecular weight is 155 g/mol. The zero-order valence-corrected chi connectivity index (χ0v) is 5.72. The van der Waals surface area contributed by atoms with Gasteiger partial charge in [-0.3, -0.25) is 13.9 Å². The number of hydrogen-bond donors (Lipinski definition) is 3. The van der Waals surface area contributed by atoms with Crippen LogP contribution in [0.5, 0.6) is 0 Å². The van der Waals surface area contributed by atoms with Gasteiger partial charge in [0.15, 0.2) is 0 Å². The van der Waals surface area contributed by atoms with Crippen molar-refractivity contribution in [3.63, 3.8) is 0 Å². The van der Waals surface area contributed by atoms with Crippen molar-refractivity contribution in [2.45, 2.75) is 13.3 Å². The van der Waals surface area contributed by atoms with Crippen LogP contribution in [0, 0.1) is 0 Å². The lowest BCUT2D eigenvalue weighted by atomic mass is 10.5. The first-order chi connectivity index (χ1) is 4.00. The van der Waals surface area contributed by atoms with Crippen molar-refractivity contribution >= 4 is 17.3 Å². The highest BCUT2D eigenvalue weighted by Gasteiger charge is 1.77. The minimum Gasteiger partial charge on any atom is -0.370 e. The van der Waals surface area contributed by atoms with Crippen LogP contribution in [0.4, 0.5) is 0 Å². The fraction of sp³-hybridized carbons (Fsp3) is 0.667. The van der Waals surface area contributed by atoms with Crippen molar-refractivity contribution in [2.75, 3.05) is 0 Å². The SMILES string of the molecule is CCC(N)=O.O=S(O)O. The predicted molar refractivity (Wildman–Crippen MR) is 32.9 cm³/mol. The molecule has 0 aliphatic carbocycles. The standard InChI is InChI=1S/C3H7NO.H2O3S/c1-2-3(4)5;1-4(2)3/h2H2,1H3,(H2,4,5);(H2,1,2,3). The summed E-state index contributed by atoms with van der Waals surface area (Å²) >= 11 is -2.61. The zero-order chi connectivity index (χ0) is 7.86. The van der Waals surface area contributed by atoms with Crippen LogP contribution < -0.4 is 5.73 Å². The highest BCUT2D eigenvalue weighted by atomic mass is 32.2. The molecule has 0 bridgehead atoms. The molecule has 0 aliphatic rings. The number of primary amides is 1. The molecule has 0 radical (unpaired) electrons. The van der Waals surface area contributed by atoms with E-state index in [1.807, 2.05) is 0 Å². The van der Waals surface area contributed by atoms with Gasteiger partial charge < -0.3 is 5.73 Å². The number of hydrogen-bond acceptors (Lipinski definition) is 2. The summed E-state index contributed by atoms with van der Waals surface area (Å²) in [4.78, 5) is 9.59. The van der Waals surface area contributed by atoms with Gasteiger partial charge in [0.05, 0.1) is 0 Å². The van der Waals surface area contributed by atoms with Gasteiger partial charge in [0.1, 0.15) is 0 Å². The molecule has 0 saturated heterocycles. The third-order valence-electron chi connectivity index (χ3n) is 0.348. The molecule has 0 heterocycles. The Morgan fingerprint density at radius 2 is 1.78 bits per heavy atom. The summed E-state index contributed by atoms with van der Waals surface area (Å²) in [6, 6.07) is 0. The monoisotopic (exact) mass is 155 g/mol. The van der Waals surface area contributed by atoms with Gasteiger partial charge in [0.25, 0.3) is 11.4 Å². The molecule has 0 unspecified atom stereocenters. The molecule has 5 nitrogen and oxygen atoms in total. The van der Waals surface area contributed by atoms with Gasteiger partial charge in [-0.2, -0.15) is 4.21 Å². The molecule has 0 aliphatic heterocycles. The number of nitrogens with two attached hydrogens (primary N) is 1. The van der Waals surface area contributed by atoms with Crippen LogP contribution in [-0.2, 0) is 16.2 Å². The fourth-order valence-corrected chi connectivity index (χ4v) is 0. The Kier molecular flexibility index (Phi) is 9.51. The van der Waals surface area contributed by atoms with E-state index < -0.39 is 11.4 Å². The van der Waals surface area contributed by atoms with Crippen LogP contribution >= 0.6 is 0 Å². The minimum atomic E-state index is -2.61. The van der Waals surface area contributed by atoms with Crippen LogP contribution in [0.2, 0.25) is 0 Å². The third kappa shape index (κ3) is 97.6. The first-order valence-electron chi connectivity index (χ1n) is 2.09. The maximum Gasteiger partial charge on any atom is 0.299 e. The number of carbonyl (C=O) groups excluding carboxylic acids is 1. The quantitative estimate of drug-likeness (QED) is 0.447. The second-order valence-corrected chi connectivity index (χ2v) is 1.51. The Labute approximate surface area is 55.4 Å². The maximum absolute atomic E-state index is 9.59. The highest BCUT2D eigenvalue weighted by Crippen LogP contribution is 1.63. The van der Waals surface area contributed by atoms with E-state index >= 15 is 0 Å². The van der Waals surface area contributed by atoms with E-state index in [-0.39, 0.29) is 5.91 Å². The van der Waals surface area contributed by atoms with Crippen LogP contribution in [0.25, 0.3) is 0 Å². The van der Waals surface area contributed by atoms with Crippen LogP contribution in [0.15, 0.2) is 0 Å². The lowest BCUT2D eigenvalue weighted by molar-refractivity contribution is -0.117. The number of carbonyl (C=O) groups is 1. The second kappa shape index (κ2) is 7.54. The van der Waals surface area contributed by atoms with Crippen LogP contribution in [0.3, 0.4) is 0 Å². The molecular weight excluding hydrogens is 146 g/mol. The summed E-state index contributed by atoms with van der Waals surface area (Å²) in [6.07, 6.45) is 0.444. The van der Waals surface area contributed by atoms with E-state index in [2.05, 4.69) is 5.73 Å². The Bertz CT molecular complexity index is 100.0. The van der Waals surface area contributed by atoms with Crippen molar-refractivity contribution < 1.29 is 18.1 Å². The lowest BCUT2D eigenvalue weighted by Crippen LogP contribution is -2.06. The smallest absolute Gasteiger partial charge is 0.299 e. The van der Waals surface area contributed by atoms with Gasteiger partial charge in [0.2, 0.25) is 5.91 Å². The Hall–Kier alpha value is -0.460. The van der Waals surface area contributed by atoms with Gasteiger partial charge in [-0.1, -0.05) is 6.92 Å². The summed E-state index contributed by atoms with van der Waals surface area (Å²) in [5, 5.41) is 0. The van der Waals surface area contributed by atoms with E-state index in [0.717, 1.165) is 0 Å². The molecule has 6 heteroatoms. The molecule has 0 rings (SSSR count). The minimum absolute atomic E-state index is 0.245. The first kappa shape index (κ1) is 11.4. The molecule has 1 amide bonds. The summed E-state index contributed by atoms with van der Waals surface area (Å²) in [6.45, 7) is 1.72. The topological polar surface area (TPSA) is 101 Å². The van der Waals surface area contributed by atoms with Gasteiger partial charge in [-0.25, -0.2) is 0 Å². The van der Waals surface area contributed by atoms with Gasteiger partial charge in [-0.15, -0.1) is 0 Å². The first-order valence-corrected chi connectivity index (χ1v) is 3.15. The van der Waals surface area contributed by atoms with Gasteiger partial charge >= 0.3 is 0 Å². The molecule has 0 spiro atoms. The van der Waals surface area contributed by atoms with Crippen LogP contribution in [-0.4, -0.2) is 19.2 Å². The summed E-state index contributed by atoms with van der Waals surface area (Å²) < 4.78 is 22.8. The molecule has 0 fully saturated rings. The van der Waals surface area contributed by atoms with E-state index in [0.29, 0.717) is 6.42 Å². The van der Waals surface area contributed by atoms with Gasteiger partial charge in [0, 0.05) is 6.42 Å². The van der Waals surface area contributed by atoms with Crippen molar-refractivity contribution in [1.82, 2.24) is 0 Å². The van der Waals surface area contributed by atoms with Gasteiger partial charge in [-0.05, 0) is 0 Å². The molecular formula is C3H9NO4S. The molecule has 0 aromatic rings. The van der Waals surface area contributed by atoms with E-state index in [1.165, 1.54) is 0 Å². The Balaban J connectivity index is 0. The predicted octanol–water partition coefficient (Wildman–Crippen LogP) is -0.437. The molecule has 0 atom stereocenters. The molecule has 56 valence electrons. The normalized spacial score (nSPS) is 8.00. The number of amides is 1. The molecule has 9 heavy (non-hydrogen) atoms. The molecule has 0 aromatic carbocycles. The second-order valence-electron chi connectivity index (χ2n) is 1.05. The summed E-state index contributed by atoms with van der Waals surface area (Å²) in [5.41, 5.74) is 4.65. The summed E-state index contributed by atoms with van der Waals surface area (Å²) in [5.74, 6) is -0.245. The molecule has 0 aromatic heterocycles. The number of rotatable bonds is 1. The highest BCUT2D eigenvalue weighted by molar-refractivity contribution is 7.73. The van der Waals surface area contributed by atoms with Crippen molar-refractivity contribution in [3.05, 3.63) is 0 Å². The largest absolute Gasteiger partial charge is 0.370 e. The van der Waals surface area contributed by atoms with Crippen LogP contribution in [0.1, 0.15) is 13.3 Å². The Morgan fingerprint density at radius 1 is 1.67 bits per heavy atom. The van der Waals surface area contributed by atoms with E-state index in [9.17, 15) is 4.79 Å². The van der Waals surface area contributed by atoms with E-state index in [1.54, 1.807) is 6.92 Å². The Morgan fingerprint density at radius 3 is 1.78 bits per heavy atom. The maximum atomic E-state index is 9.59. The fourth-order valence-electron chi connectivity index (χ4n) is 0. The third-order valence-corrected chi connectivity index (χ3v) is 0.348. The van der Waals surface area contributed by atoms with Crippen molar-refractivity contribution in [2.24, 2.45) is 5.73 Å². The van der Waals surface area contributed by atoms with Crippen molar-refractivity contribution in [3.8, 4) is 0 Å². The van der Waals surface area contributed by atoms with Crippen molar-refractivity contribution in [1.29, 1.82) is 0 Å². The molecule has 0 saturated carbocycles. The molecule has 4 N–H and O–H groups in total. The van der Waals surface area contributed by atoms with E-state index in [4.69, 9.17) is 13.3 Å². The zero-order valence-electron chi connectivity index (χ0n) is 4.90. The summed E-state index contributed by atoms with van der Waals surface area (Å²) in [7, 11) is 0. The lowest BCUT2D eigenvalue weighted by Gasteiger charge is -1.73.